The summed E-state index contributed by atoms with van der Waals surface area (Å²) in [5, 5.41) is 0. The lowest BCUT2D eigenvalue weighted by atomic mass is 10.0. The number of aliphatic imine (C=N–C) groups is 1. The van der Waals surface area contributed by atoms with Crippen molar-refractivity contribution in [3.63, 3.8) is 0 Å². The van der Waals surface area contributed by atoms with Crippen molar-refractivity contribution in [3.8, 4) is 0 Å². The fourth-order valence-electron chi connectivity index (χ4n) is 2.39. The molecule has 9 heteroatoms. The summed E-state index contributed by atoms with van der Waals surface area (Å²) >= 11 is 0. The van der Waals surface area contributed by atoms with Crippen molar-refractivity contribution < 1.29 is 23.9 Å². The molecule has 26 heavy (non-hydrogen) atoms. The fraction of sp³-hybridized carbons (Fsp3) is 0.765. The average molecular weight is 369 g/mol. The standard InChI is InChI=1S/C17H29N4O5/c1-16(2,3)25-14(23)19-13(18)21(15(24)26-17(4,5)6)12-7-9-20(11-22)10-8-12/h12H,7-10H2,1-6H3,(H2,18,19,23). The molecule has 0 bridgehead atoms. The van der Waals surface area contributed by atoms with Crippen LogP contribution in [-0.2, 0) is 14.3 Å². The number of piperidine rings is 1. The van der Waals surface area contributed by atoms with Crippen LogP contribution in [-0.4, -0.2) is 64.7 Å². The predicted molar refractivity (Wildman–Crippen MR) is 96.2 cm³/mol. The first kappa shape index (κ1) is 21.7. The largest absolute Gasteiger partial charge is 0.443 e. The summed E-state index contributed by atoms with van der Waals surface area (Å²) in [7, 11) is 0. The summed E-state index contributed by atoms with van der Waals surface area (Å²) in [4.78, 5) is 41.7. The number of carbonyl (C=O) groups is 2. The quantitative estimate of drug-likeness (QED) is 0.588. The van der Waals surface area contributed by atoms with Crippen molar-refractivity contribution >= 4 is 24.6 Å². The fourth-order valence-corrected chi connectivity index (χ4v) is 2.39. The molecule has 0 aliphatic carbocycles. The van der Waals surface area contributed by atoms with Crippen molar-refractivity contribution in [3.05, 3.63) is 0 Å². The highest BCUT2D eigenvalue weighted by Crippen LogP contribution is 2.19. The van der Waals surface area contributed by atoms with Gasteiger partial charge in [-0.2, -0.15) is 0 Å². The van der Waals surface area contributed by atoms with Gasteiger partial charge in [-0.15, -0.1) is 4.99 Å². The van der Waals surface area contributed by atoms with Crippen molar-refractivity contribution in [1.29, 1.82) is 0 Å². The van der Waals surface area contributed by atoms with Crippen molar-refractivity contribution in [2.24, 2.45) is 10.7 Å². The molecule has 3 amide bonds. The zero-order valence-corrected chi connectivity index (χ0v) is 16.4. The van der Waals surface area contributed by atoms with E-state index in [4.69, 9.17) is 15.2 Å². The number of guanidine groups is 1. The number of carbonyl (C=O) groups excluding carboxylic acids is 3. The Kier molecular flexibility index (Phi) is 7.00. The maximum absolute atomic E-state index is 12.6. The van der Waals surface area contributed by atoms with Crippen molar-refractivity contribution in [1.82, 2.24) is 9.80 Å². The van der Waals surface area contributed by atoms with Crippen LogP contribution in [0.1, 0.15) is 54.4 Å². The predicted octanol–water partition coefficient (Wildman–Crippen LogP) is 2.00. The Morgan fingerprint density at radius 1 is 1.08 bits per heavy atom. The Bertz CT molecular complexity index is 554. The second-order valence-electron chi connectivity index (χ2n) is 8.11. The topological polar surface area (TPSA) is 115 Å². The number of nitrogens with zero attached hydrogens (tertiary/aromatic N) is 3. The lowest BCUT2D eigenvalue weighted by molar-refractivity contribution is 0.0270. The molecule has 0 aromatic rings. The number of hydrogen-bond donors (Lipinski definition) is 1. The maximum atomic E-state index is 12.6. The van der Waals surface area contributed by atoms with Crippen LogP contribution in [0.4, 0.5) is 9.59 Å². The minimum Gasteiger partial charge on any atom is -0.443 e. The molecule has 1 aliphatic rings. The van der Waals surface area contributed by atoms with Gasteiger partial charge in [0.05, 0.1) is 0 Å². The molecule has 1 rings (SSSR count). The molecule has 2 N–H and O–H groups in total. The first-order valence-electron chi connectivity index (χ1n) is 8.54. The smallest absolute Gasteiger partial charge is 0.437 e. The van der Waals surface area contributed by atoms with Gasteiger partial charge in [0.1, 0.15) is 11.2 Å². The zero-order valence-electron chi connectivity index (χ0n) is 16.4. The van der Waals surface area contributed by atoms with Gasteiger partial charge in [0.15, 0.2) is 0 Å². The average Bonchev–Trinajstić information content (AvgIpc) is 2.44. The van der Waals surface area contributed by atoms with Crippen LogP contribution in [0.15, 0.2) is 4.99 Å². The van der Waals surface area contributed by atoms with Gasteiger partial charge in [-0.05, 0) is 54.4 Å². The molecular formula is C17H29N4O5. The van der Waals surface area contributed by atoms with Crippen LogP contribution >= 0.6 is 0 Å². The van der Waals surface area contributed by atoms with Gasteiger partial charge in [-0.25, -0.2) is 14.5 Å². The highest BCUT2D eigenvalue weighted by Gasteiger charge is 2.34. The van der Waals surface area contributed by atoms with Crippen molar-refractivity contribution in [2.45, 2.75) is 71.6 Å². The first-order chi connectivity index (χ1) is 11.8. The Morgan fingerprint density at radius 2 is 1.58 bits per heavy atom. The van der Waals surface area contributed by atoms with Gasteiger partial charge in [0.2, 0.25) is 5.96 Å². The van der Waals surface area contributed by atoms with Gasteiger partial charge < -0.3 is 20.1 Å². The van der Waals surface area contributed by atoms with E-state index in [0.717, 1.165) is 4.90 Å². The van der Waals surface area contributed by atoms with Crippen LogP contribution in [0.25, 0.3) is 0 Å². The number of nitrogens with two attached hydrogens (primary N) is 1. The third-order valence-corrected chi connectivity index (χ3v) is 3.40. The van der Waals surface area contributed by atoms with Crippen LogP contribution in [0.3, 0.4) is 0 Å². The number of likely N-dealkylation sites (tertiary alicyclic amines) is 1. The second kappa shape index (κ2) is 8.37. The SMILES string of the molecule is CC(C)(C)OC(=O)N=C(N)N(C(=O)OC(C)(C)C)C1CCN([C]=O)CC1. The van der Waals surface area contributed by atoms with E-state index in [0.29, 0.717) is 25.9 Å². The molecule has 1 aliphatic heterocycles. The molecule has 0 unspecified atom stereocenters. The number of amides is 3. The lowest BCUT2D eigenvalue weighted by Gasteiger charge is -2.36. The summed E-state index contributed by atoms with van der Waals surface area (Å²) in [6.45, 7) is 11.1. The summed E-state index contributed by atoms with van der Waals surface area (Å²) in [5.74, 6) is -0.290. The first-order valence-corrected chi connectivity index (χ1v) is 8.54. The van der Waals surface area contributed by atoms with Gasteiger partial charge >= 0.3 is 18.6 Å². The molecule has 0 atom stereocenters. The van der Waals surface area contributed by atoms with Gasteiger partial charge in [0, 0.05) is 19.1 Å². The Morgan fingerprint density at radius 3 is 2.00 bits per heavy atom. The van der Waals surface area contributed by atoms with Crippen LogP contribution in [0.5, 0.6) is 0 Å². The molecule has 0 saturated carbocycles. The van der Waals surface area contributed by atoms with Crippen molar-refractivity contribution in [2.75, 3.05) is 13.1 Å². The van der Waals surface area contributed by atoms with Crippen LogP contribution < -0.4 is 5.73 Å². The highest BCUT2D eigenvalue weighted by atomic mass is 16.6. The Labute approximate surface area is 154 Å². The van der Waals surface area contributed by atoms with Gasteiger partial charge in [-0.3, -0.25) is 4.79 Å². The summed E-state index contributed by atoms with van der Waals surface area (Å²) < 4.78 is 10.5. The normalized spacial score (nSPS) is 16.8. The zero-order chi connectivity index (χ0) is 20.1. The third-order valence-electron chi connectivity index (χ3n) is 3.40. The van der Waals surface area contributed by atoms with Crippen LogP contribution in [0.2, 0.25) is 0 Å². The third kappa shape index (κ3) is 7.28. The van der Waals surface area contributed by atoms with E-state index >= 15 is 0 Å². The van der Waals surface area contributed by atoms with E-state index in [1.807, 2.05) is 6.41 Å². The Hall–Kier alpha value is -2.32. The highest BCUT2D eigenvalue weighted by molar-refractivity contribution is 5.98. The molecule has 0 spiro atoms. The molecule has 0 aromatic heterocycles. The molecular weight excluding hydrogens is 340 g/mol. The molecule has 1 saturated heterocycles. The Balaban J connectivity index is 3.01. The number of ether oxygens (including phenoxy) is 2. The lowest BCUT2D eigenvalue weighted by Crippen LogP contribution is -2.54. The second-order valence-corrected chi connectivity index (χ2v) is 8.11. The van der Waals surface area contributed by atoms with E-state index in [1.165, 1.54) is 4.90 Å². The minimum absolute atomic E-state index is 0.290. The van der Waals surface area contributed by atoms with Gasteiger partial charge in [0.25, 0.3) is 0 Å². The maximum Gasteiger partial charge on any atom is 0.437 e. The summed E-state index contributed by atoms with van der Waals surface area (Å²) in [5.41, 5.74) is 4.47. The van der Waals surface area contributed by atoms with E-state index in [1.54, 1.807) is 41.5 Å². The van der Waals surface area contributed by atoms with E-state index in [-0.39, 0.29) is 12.0 Å². The minimum atomic E-state index is -0.887. The van der Waals surface area contributed by atoms with E-state index in [2.05, 4.69) is 4.99 Å². The number of hydrogen-bond acceptors (Lipinski definition) is 5. The monoisotopic (exact) mass is 369 g/mol. The molecule has 147 valence electrons. The molecule has 0 aromatic carbocycles. The number of rotatable bonds is 2. The molecule has 1 heterocycles. The molecule has 1 fully saturated rings. The molecule has 1 radical (unpaired) electrons. The van der Waals surface area contributed by atoms with Gasteiger partial charge in [-0.1, -0.05) is 0 Å². The summed E-state index contributed by atoms with van der Waals surface area (Å²) in [6.07, 6.45) is 1.19. The van der Waals surface area contributed by atoms with Crippen LogP contribution in [0, 0.1) is 0 Å². The summed E-state index contributed by atoms with van der Waals surface area (Å²) in [6, 6.07) is -0.347. The van der Waals surface area contributed by atoms with E-state index in [9.17, 15) is 14.4 Å². The van der Waals surface area contributed by atoms with E-state index < -0.39 is 23.4 Å². The molecule has 9 nitrogen and oxygen atoms in total.